The van der Waals surface area contributed by atoms with Crippen LogP contribution in [0.15, 0.2) is 18.3 Å². The molecule has 0 amide bonds. The Balaban J connectivity index is 2.54. The van der Waals surface area contributed by atoms with Crippen molar-refractivity contribution in [3.63, 3.8) is 0 Å². The highest BCUT2D eigenvalue weighted by Gasteiger charge is 2.26. The molecule has 0 aliphatic carbocycles. The molecule has 0 aliphatic rings. The van der Waals surface area contributed by atoms with Crippen LogP contribution in [0.5, 0.6) is 5.88 Å². The van der Waals surface area contributed by atoms with Crippen molar-refractivity contribution in [3.8, 4) is 5.88 Å². The van der Waals surface area contributed by atoms with Gasteiger partial charge in [0.1, 0.15) is 0 Å². The minimum Gasteiger partial charge on any atom is -0.481 e. The summed E-state index contributed by atoms with van der Waals surface area (Å²) < 4.78 is 5.11. The molecule has 0 aliphatic heterocycles. The Bertz CT molecular complexity index is 391. The average Bonchev–Trinajstić information content (AvgIpc) is 2.29. The molecule has 0 saturated carbocycles. The van der Waals surface area contributed by atoms with Crippen molar-refractivity contribution in [1.29, 1.82) is 0 Å². The lowest BCUT2D eigenvalue weighted by molar-refractivity contribution is -0.146. The lowest BCUT2D eigenvalue weighted by Crippen LogP contribution is -2.35. The van der Waals surface area contributed by atoms with E-state index in [1.165, 1.54) is 0 Å². The maximum absolute atomic E-state index is 10.9. The fourth-order valence-electron chi connectivity index (χ4n) is 1.33. The van der Waals surface area contributed by atoms with Gasteiger partial charge in [0.05, 0.1) is 12.5 Å². The van der Waals surface area contributed by atoms with E-state index < -0.39 is 11.4 Å². The van der Waals surface area contributed by atoms with E-state index in [2.05, 4.69) is 10.3 Å². The summed E-state index contributed by atoms with van der Waals surface area (Å²) in [6, 6.07) is 3.72. The van der Waals surface area contributed by atoms with Crippen LogP contribution in [0.25, 0.3) is 0 Å². The molecule has 5 heteroatoms. The minimum atomic E-state index is -0.817. The van der Waals surface area contributed by atoms with Gasteiger partial charge in [0.25, 0.3) is 0 Å². The number of pyridine rings is 1. The van der Waals surface area contributed by atoms with Crippen LogP contribution in [-0.2, 0) is 11.3 Å². The van der Waals surface area contributed by atoms with Gasteiger partial charge < -0.3 is 15.2 Å². The van der Waals surface area contributed by atoms with Crippen molar-refractivity contribution in [3.05, 3.63) is 23.9 Å². The summed E-state index contributed by atoms with van der Waals surface area (Å²) in [6.07, 6.45) is 1.66. The standard InChI is InChI=1S/C12H18N2O3/c1-12(2,11(15)16)8-13-7-9-5-4-6-14-10(9)17-3/h4-6,13H,7-8H2,1-3H3,(H,15,16). The van der Waals surface area contributed by atoms with Crippen molar-refractivity contribution < 1.29 is 14.6 Å². The van der Waals surface area contributed by atoms with Crippen molar-refractivity contribution in [2.24, 2.45) is 5.41 Å². The lowest BCUT2D eigenvalue weighted by atomic mass is 9.94. The second-order valence-corrected chi connectivity index (χ2v) is 4.46. The second-order valence-electron chi connectivity index (χ2n) is 4.46. The fraction of sp³-hybridized carbons (Fsp3) is 0.500. The Labute approximate surface area is 101 Å². The Morgan fingerprint density at radius 1 is 1.59 bits per heavy atom. The van der Waals surface area contributed by atoms with E-state index in [1.54, 1.807) is 27.2 Å². The Morgan fingerprint density at radius 2 is 2.29 bits per heavy atom. The van der Waals surface area contributed by atoms with E-state index in [1.807, 2.05) is 12.1 Å². The van der Waals surface area contributed by atoms with E-state index >= 15 is 0 Å². The number of aliphatic carboxylic acids is 1. The Morgan fingerprint density at radius 3 is 2.88 bits per heavy atom. The highest BCUT2D eigenvalue weighted by atomic mass is 16.5. The number of hydrogen-bond donors (Lipinski definition) is 2. The molecule has 94 valence electrons. The first-order valence-electron chi connectivity index (χ1n) is 5.39. The smallest absolute Gasteiger partial charge is 0.310 e. The summed E-state index contributed by atoms with van der Waals surface area (Å²) in [6.45, 7) is 4.29. The molecule has 1 aromatic rings. The molecule has 2 N–H and O–H groups in total. The number of carboxylic acid groups (broad SMARTS) is 1. The minimum absolute atomic E-state index is 0.389. The molecule has 1 heterocycles. The van der Waals surface area contributed by atoms with Crippen LogP contribution in [0, 0.1) is 5.41 Å². The number of rotatable bonds is 6. The van der Waals surface area contributed by atoms with Crippen molar-refractivity contribution >= 4 is 5.97 Å². The van der Waals surface area contributed by atoms with Crippen LogP contribution >= 0.6 is 0 Å². The van der Waals surface area contributed by atoms with Crippen molar-refractivity contribution in [2.75, 3.05) is 13.7 Å². The number of nitrogens with zero attached hydrogens (tertiary/aromatic N) is 1. The number of hydrogen-bond acceptors (Lipinski definition) is 4. The normalized spacial score (nSPS) is 11.2. The van der Waals surface area contributed by atoms with Gasteiger partial charge in [0, 0.05) is 24.8 Å². The van der Waals surface area contributed by atoms with Crippen LogP contribution in [0.4, 0.5) is 0 Å². The summed E-state index contributed by atoms with van der Waals surface area (Å²) in [5.41, 5.74) is 0.131. The zero-order valence-electron chi connectivity index (χ0n) is 10.4. The largest absolute Gasteiger partial charge is 0.481 e. The van der Waals surface area contributed by atoms with Crippen LogP contribution in [0.1, 0.15) is 19.4 Å². The Hall–Kier alpha value is -1.62. The summed E-state index contributed by atoms with van der Waals surface area (Å²) in [5.74, 6) is -0.253. The number of methoxy groups -OCH3 is 1. The number of ether oxygens (including phenoxy) is 1. The van der Waals surface area contributed by atoms with E-state index in [-0.39, 0.29) is 0 Å². The number of nitrogens with one attached hydrogen (secondary N) is 1. The van der Waals surface area contributed by atoms with Gasteiger partial charge in [0.15, 0.2) is 0 Å². The van der Waals surface area contributed by atoms with Gasteiger partial charge in [-0.15, -0.1) is 0 Å². The maximum Gasteiger partial charge on any atom is 0.310 e. The zero-order chi connectivity index (χ0) is 12.9. The quantitative estimate of drug-likeness (QED) is 0.781. The number of carboxylic acids is 1. The molecule has 0 spiro atoms. The predicted octanol–water partition coefficient (Wildman–Crippen LogP) is 1.29. The summed E-state index contributed by atoms with van der Waals surface area (Å²) in [5, 5.41) is 12.1. The first-order valence-corrected chi connectivity index (χ1v) is 5.39. The first kappa shape index (κ1) is 13.4. The molecule has 1 aromatic heterocycles. The van der Waals surface area contributed by atoms with Gasteiger partial charge in [-0.1, -0.05) is 6.07 Å². The van der Waals surface area contributed by atoms with Crippen molar-refractivity contribution in [2.45, 2.75) is 20.4 Å². The topological polar surface area (TPSA) is 71.5 Å². The number of aromatic nitrogens is 1. The molecular weight excluding hydrogens is 220 g/mol. The molecule has 0 aromatic carbocycles. The molecule has 0 atom stereocenters. The van der Waals surface area contributed by atoms with Crippen LogP contribution < -0.4 is 10.1 Å². The molecule has 0 fully saturated rings. The summed E-state index contributed by atoms with van der Waals surface area (Å²) >= 11 is 0. The molecule has 5 nitrogen and oxygen atoms in total. The van der Waals surface area contributed by atoms with Crippen LogP contribution in [-0.4, -0.2) is 29.7 Å². The molecule has 0 radical (unpaired) electrons. The molecule has 1 rings (SSSR count). The van der Waals surface area contributed by atoms with E-state index in [4.69, 9.17) is 9.84 Å². The first-order chi connectivity index (χ1) is 7.97. The van der Waals surface area contributed by atoms with Crippen LogP contribution in [0.2, 0.25) is 0 Å². The SMILES string of the molecule is COc1ncccc1CNCC(C)(C)C(=O)O. The molecule has 0 saturated heterocycles. The van der Waals surface area contributed by atoms with Gasteiger partial charge in [-0.25, -0.2) is 4.98 Å². The fourth-order valence-corrected chi connectivity index (χ4v) is 1.33. The summed E-state index contributed by atoms with van der Waals surface area (Å²) in [4.78, 5) is 15.0. The monoisotopic (exact) mass is 238 g/mol. The predicted molar refractivity (Wildman–Crippen MR) is 63.9 cm³/mol. The third kappa shape index (κ3) is 3.71. The molecule has 0 bridgehead atoms. The van der Waals surface area contributed by atoms with Gasteiger partial charge >= 0.3 is 5.97 Å². The van der Waals surface area contributed by atoms with Gasteiger partial charge in [-0.05, 0) is 19.9 Å². The summed E-state index contributed by atoms with van der Waals surface area (Å²) in [7, 11) is 1.56. The van der Waals surface area contributed by atoms with Gasteiger partial charge in [-0.3, -0.25) is 4.79 Å². The van der Waals surface area contributed by atoms with E-state index in [9.17, 15) is 4.79 Å². The van der Waals surface area contributed by atoms with E-state index in [0.29, 0.717) is 19.0 Å². The van der Waals surface area contributed by atoms with Crippen molar-refractivity contribution in [1.82, 2.24) is 10.3 Å². The zero-order valence-corrected chi connectivity index (χ0v) is 10.4. The third-order valence-corrected chi connectivity index (χ3v) is 2.50. The van der Waals surface area contributed by atoms with Crippen LogP contribution in [0.3, 0.4) is 0 Å². The average molecular weight is 238 g/mol. The highest BCUT2D eigenvalue weighted by Crippen LogP contribution is 2.16. The molecule has 17 heavy (non-hydrogen) atoms. The maximum atomic E-state index is 10.9. The molecular formula is C12H18N2O3. The lowest BCUT2D eigenvalue weighted by Gasteiger charge is -2.19. The number of carbonyl (C=O) groups is 1. The highest BCUT2D eigenvalue weighted by molar-refractivity contribution is 5.73. The van der Waals surface area contributed by atoms with E-state index in [0.717, 1.165) is 5.56 Å². The Kier molecular flexibility index (Phi) is 4.45. The van der Waals surface area contributed by atoms with Gasteiger partial charge in [-0.2, -0.15) is 0 Å². The second kappa shape index (κ2) is 5.63. The molecule has 0 unspecified atom stereocenters. The third-order valence-electron chi connectivity index (χ3n) is 2.50. The van der Waals surface area contributed by atoms with Gasteiger partial charge in [0.2, 0.25) is 5.88 Å².